The Labute approximate surface area is 136 Å². The number of methoxy groups -OCH3 is 3. The summed E-state index contributed by atoms with van der Waals surface area (Å²) in [6.07, 6.45) is 0. The van der Waals surface area contributed by atoms with Gasteiger partial charge in [0.1, 0.15) is 17.2 Å². The summed E-state index contributed by atoms with van der Waals surface area (Å²) in [7, 11) is 6.50. The number of amides is 1. The SMILES string of the molecule is COc1ccc(CN(C)C(=O)c2ccc(OC)cc2OC)cc1. The summed E-state index contributed by atoms with van der Waals surface area (Å²) in [4.78, 5) is 14.3. The fourth-order valence-corrected chi connectivity index (χ4v) is 2.26. The van der Waals surface area contributed by atoms with Crippen LogP contribution in [-0.4, -0.2) is 39.2 Å². The molecule has 2 aromatic rings. The van der Waals surface area contributed by atoms with Gasteiger partial charge in [0.15, 0.2) is 0 Å². The summed E-state index contributed by atoms with van der Waals surface area (Å²) < 4.78 is 15.6. The van der Waals surface area contributed by atoms with E-state index in [0.29, 0.717) is 23.6 Å². The van der Waals surface area contributed by atoms with Crippen LogP contribution in [0.25, 0.3) is 0 Å². The number of nitrogens with zero attached hydrogens (tertiary/aromatic N) is 1. The maximum Gasteiger partial charge on any atom is 0.257 e. The second-order valence-corrected chi connectivity index (χ2v) is 5.08. The average Bonchev–Trinajstić information content (AvgIpc) is 2.61. The van der Waals surface area contributed by atoms with Crippen molar-refractivity contribution in [3.05, 3.63) is 53.6 Å². The third-order valence-corrected chi connectivity index (χ3v) is 3.56. The number of carbonyl (C=O) groups is 1. The molecular weight excluding hydrogens is 294 g/mol. The fraction of sp³-hybridized carbons (Fsp3) is 0.278. The molecule has 0 saturated carbocycles. The monoisotopic (exact) mass is 315 g/mol. The van der Waals surface area contributed by atoms with Gasteiger partial charge in [-0.1, -0.05) is 12.1 Å². The Morgan fingerprint density at radius 1 is 0.913 bits per heavy atom. The molecule has 0 radical (unpaired) electrons. The van der Waals surface area contributed by atoms with E-state index in [9.17, 15) is 4.79 Å². The lowest BCUT2D eigenvalue weighted by molar-refractivity contribution is 0.0781. The zero-order valence-corrected chi connectivity index (χ0v) is 13.8. The molecule has 2 rings (SSSR count). The highest BCUT2D eigenvalue weighted by molar-refractivity contribution is 5.97. The van der Waals surface area contributed by atoms with Crippen molar-refractivity contribution in [1.29, 1.82) is 0 Å². The number of rotatable bonds is 6. The molecule has 2 aromatic carbocycles. The van der Waals surface area contributed by atoms with Crippen LogP contribution >= 0.6 is 0 Å². The molecule has 23 heavy (non-hydrogen) atoms. The molecule has 5 heteroatoms. The van der Waals surface area contributed by atoms with E-state index < -0.39 is 0 Å². The number of ether oxygens (including phenoxy) is 3. The van der Waals surface area contributed by atoms with Crippen LogP contribution in [0.15, 0.2) is 42.5 Å². The highest BCUT2D eigenvalue weighted by Gasteiger charge is 2.17. The summed E-state index contributed by atoms with van der Waals surface area (Å²) in [6, 6.07) is 12.8. The van der Waals surface area contributed by atoms with Gasteiger partial charge in [-0.2, -0.15) is 0 Å². The van der Waals surface area contributed by atoms with E-state index in [2.05, 4.69) is 0 Å². The van der Waals surface area contributed by atoms with Gasteiger partial charge in [-0.05, 0) is 29.8 Å². The molecule has 0 aliphatic heterocycles. The Morgan fingerprint density at radius 2 is 1.52 bits per heavy atom. The molecule has 0 atom stereocenters. The standard InChI is InChI=1S/C18H21NO4/c1-19(12-13-5-7-14(21-2)8-6-13)18(20)16-10-9-15(22-3)11-17(16)23-4/h5-11H,12H2,1-4H3. The molecule has 0 aliphatic rings. The Balaban J connectivity index is 2.15. The molecule has 0 spiro atoms. The molecule has 0 aromatic heterocycles. The van der Waals surface area contributed by atoms with Gasteiger partial charge in [0, 0.05) is 19.7 Å². The molecule has 0 heterocycles. The lowest BCUT2D eigenvalue weighted by Gasteiger charge is -2.19. The minimum atomic E-state index is -0.111. The van der Waals surface area contributed by atoms with Crippen molar-refractivity contribution in [2.45, 2.75) is 6.54 Å². The van der Waals surface area contributed by atoms with E-state index in [-0.39, 0.29) is 5.91 Å². The first-order valence-corrected chi connectivity index (χ1v) is 7.19. The third kappa shape index (κ3) is 3.94. The Bertz CT molecular complexity index is 667. The molecule has 0 unspecified atom stereocenters. The van der Waals surface area contributed by atoms with Crippen LogP contribution in [0.3, 0.4) is 0 Å². The maximum atomic E-state index is 12.6. The van der Waals surface area contributed by atoms with E-state index in [0.717, 1.165) is 11.3 Å². The van der Waals surface area contributed by atoms with Gasteiger partial charge in [-0.15, -0.1) is 0 Å². The Hall–Kier alpha value is -2.69. The van der Waals surface area contributed by atoms with Crippen molar-refractivity contribution in [2.24, 2.45) is 0 Å². The lowest BCUT2D eigenvalue weighted by Crippen LogP contribution is -2.26. The predicted molar refractivity (Wildman–Crippen MR) is 88.3 cm³/mol. The largest absolute Gasteiger partial charge is 0.497 e. The molecule has 0 saturated heterocycles. The first kappa shape index (κ1) is 16.7. The summed E-state index contributed by atoms with van der Waals surface area (Å²) in [6.45, 7) is 0.498. The van der Waals surface area contributed by atoms with Crippen LogP contribution in [0.1, 0.15) is 15.9 Å². The zero-order chi connectivity index (χ0) is 16.8. The van der Waals surface area contributed by atoms with E-state index in [1.54, 1.807) is 44.4 Å². The lowest BCUT2D eigenvalue weighted by atomic mass is 10.1. The van der Waals surface area contributed by atoms with Gasteiger partial charge < -0.3 is 19.1 Å². The molecule has 5 nitrogen and oxygen atoms in total. The number of carbonyl (C=O) groups excluding carboxylic acids is 1. The van der Waals surface area contributed by atoms with Crippen LogP contribution in [0.5, 0.6) is 17.2 Å². The van der Waals surface area contributed by atoms with Crippen molar-refractivity contribution < 1.29 is 19.0 Å². The number of hydrogen-bond acceptors (Lipinski definition) is 4. The molecular formula is C18H21NO4. The van der Waals surface area contributed by atoms with E-state index in [1.807, 2.05) is 24.3 Å². The predicted octanol–water partition coefficient (Wildman–Crippen LogP) is 2.98. The molecule has 0 N–H and O–H groups in total. The first-order valence-electron chi connectivity index (χ1n) is 7.19. The Morgan fingerprint density at radius 3 is 2.09 bits per heavy atom. The summed E-state index contributed by atoms with van der Waals surface area (Å²) >= 11 is 0. The minimum Gasteiger partial charge on any atom is -0.497 e. The highest BCUT2D eigenvalue weighted by atomic mass is 16.5. The number of benzene rings is 2. The van der Waals surface area contributed by atoms with Gasteiger partial charge in [0.2, 0.25) is 0 Å². The maximum absolute atomic E-state index is 12.6. The summed E-state index contributed by atoms with van der Waals surface area (Å²) in [5, 5.41) is 0. The van der Waals surface area contributed by atoms with Crippen molar-refractivity contribution >= 4 is 5.91 Å². The van der Waals surface area contributed by atoms with Crippen molar-refractivity contribution in [3.63, 3.8) is 0 Å². The molecule has 1 amide bonds. The molecule has 0 aliphatic carbocycles. The van der Waals surface area contributed by atoms with E-state index >= 15 is 0 Å². The highest BCUT2D eigenvalue weighted by Crippen LogP contribution is 2.26. The fourth-order valence-electron chi connectivity index (χ4n) is 2.26. The Kier molecular flexibility index (Phi) is 5.46. The van der Waals surface area contributed by atoms with Crippen LogP contribution < -0.4 is 14.2 Å². The van der Waals surface area contributed by atoms with Crippen LogP contribution in [0.4, 0.5) is 0 Å². The minimum absolute atomic E-state index is 0.111. The second kappa shape index (κ2) is 7.54. The van der Waals surface area contributed by atoms with Gasteiger partial charge in [-0.3, -0.25) is 4.79 Å². The quantitative estimate of drug-likeness (QED) is 0.822. The first-order chi connectivity index (χ1) is 11.1. The number of hydrogen-bond donors (Lipinski definition) is 0. The second-order valence-electron chi connectivity index (χ2n) is 5.08. The van der Waals surface area contributed by atoms with Crippen LogP contribution in [0, 0.1) is 0 Å². The molecule has 122 valence electrons. The van der Waals surface area contributed by atoms with Gasteiger partial charge >= 0.3 is 0 Å². The van der Waals surface area contributed by atoms with Crippen molar-refractivity contribution in [3.8, 4) is 17.2 Å². The normalized spacial score (nSPS) is 10.1. The third-order valence-electron chi connectivity index (χ3n) is 3.56. The van der Waals surface area contributed by atoms with E-state index in [4.69, 9.17) is 14.2 Å². The summed E-state index contributed by atoms with van der Waals surface area (Å²) in [5.74, 6) is 1.83. The zero-order valence-electron chi connectivity index (χ0n) is 13.8. The van der Waals surface area contributed by atoms with Gasteiger partial charge in [0.25, 0.3) is 5.91 Å². The summed E-state index contributed by atoms with van der Waals surface area (Å²) in [5.41, 5.74) is 1.53. The van der Waals surface area contributed by atoms with Crippen LogP contribution in [0.2, 0.25) is 0 Å². The molecule has 0 bridgehead atoms. The van der Waals surface area contributed by atoms with Gasteiger partial charge in [-0.25, -0.2) is 0 Å². The van der Waals surface area contributed by atoms with Crippen LogP contribution in [-0.2, 0) is 6.54 Å². The smallest absolute Gasteiger partial charge is 0.257 e. The average molecular weight is 315 g/mol. The van der Waals surface area contributed by atoms with Gasteiger partial charge in [0.05, 0.1) is 26.9 Å². The topological polar surface area (TPSA) is 48.0 Å². The van der Waals surface area contributed by atoms with Crippen molar-refractivity contribution in [2.75, 3.05) is 28.4 Å². The van der Waals surface area contributed by atoms with E-state index in [1.165, 1.54) is 7.11 Å². The van der Waals surface area contributed by atoms with Crippen molar-refractivity contribution in [1.82, 2.24) is 4.90 Å². The molecule has 0 fully saturated rings.